The molecule has 1 N–H and O–H groups in total. The smallest absolute Gasteiger partial charge is 0.244 e. The Kier molecular flexibility index (Phi) is 4.61. The van der Waals surface area contributed by atoms with E-state index < -0.39 is 0 Å². The van der Waals surface area contributed by atoms with Crippen molar-refractivity contribution in [3.8, 4) is 5.75 Å². The van der Waals surface area contributed by atoms with E-state index in [2.05, 4.69) is 16.6 Å². The van der Waals surface area contributed by atoms with Crippen LogP contribution in [-0.2, 0) is 18.3 Å². The second kappa shape index (κ2) is 7.00. The van der Waals surface area contributed by atoms with Crippen LogP contribution in [0.15, 0.2) is 59.8 Å². The molecule has 122 valence electrons. The van der Waals surface area contributed by atoms with Crippen LogP contribution in [0.4, 0.5) is 0 Å². The molecule has 2 aromatic carbocycles. The number of hydrazone groups is 1. The monoisotopic (exact) mass is 321 g/mol. The zero-order chi connectivity index (χ0) is 16.9. The molecular formula is C19H19N3O2. The number of nitrogens with zero attached hydrogens (tertiary/aromatic N) is 2. The molecule has 24 heavy (non-hydrogen) atoms. The molecule has 1 heterocycles. The second-order valence-corrected chi connectivity index (χ2v) is 5.53. The van der Waals surface area contributed by atoms with Crippen molar-refractivity contribution in [2.24, 2.45) is 12.1 Å². The first-order chi connectivity index (χ1) is 11.7. The van der Waals surface area contributed by atoms with Crippen molar-refractivity contribution in [3.05, 3.63) is 65.9 Å². The van der Waals surface area contributed by atoms with Crippen LogP contribution >= 0.6 is 0 Å². The van der Waals surface area contributed by atoms with Gasteiger partial charge in [-0.15, -0.1) is 0 Å². The fraction of sp³-hybridized carbons (Fsp3) is 0.158. The Morgan fingerprint density at radius 3 is 2.71 bits per heavy atom. The largest absolute Gasteiger partial charge is 0.497 e. The molecule has 0 bridgehead atoms. The zero-order valence-electron chi connectivity index (χ0n) is 13.7. The van der Waals surface area contributed by atoms with E-state index in [1.54, 1.807) is 13.3 Å². The lowest BCUT2D eigenvalue weighted by molar-refractivity contribution is -0.120. The van der Waals surface area contributed by atoms with Crippen LogP contribution in [0.3, 0.4) is 0 Å². The summed E-state index contributed by atoms with van der Waals surface area (Å²) in [4.78, 5) is 12.0. The molecule has 0 radical (unpaired) electrons. The maximum Gasteiger partial charge on any atom is 0.244 e. The molecule has 3 rings (SSSR count). The first-order valence-electron chi connectivity index (χ1n) is 7.66. The first-order valence-corrected chi connectivity index (χ1v) is 7.66. The third-order valence-corrected chi connectivity index (χ3v) is 3.84. The van der Waals surface area contributed by atoms with Crippen molar-refractivity contribution in [3.63, 3.8) is 0 Å². The number of methoxy groups -OCH3 is 1. The lowest BCUT2D eigenvalue weighted by Gasteiger charge is -2.02. The number of fused-ring (bicyclic) bond motifs is 1. The molecule has 0 saturated carbocycles. The van der Waals surface area contributed by atoms with Gasteiger partial charge >= 0.3 is 0 Å². The number of para-hydroxylation sites is 1. The fourth-order valence-corrected chi connectivity index (χ4v) is 2.62. The minimum absolute atomic E-state index is 0.156. The molecule has 5 nitrogen and oxygen atoms in total. The summed E-state index contributed by atoms with van der Waals surface area (Å²) in [5.41, 5.74) is 5.58. The van der Waals surface area contributed by atoms with Gasteiger partial charge in [0.25, 0.3) is 0 Å². The van der Waals surface area contributed by atoms with Crippen molar-refractivity contribution in [1.82, 2.24) is 9.99 Å². The molecule has 1 amide bonds. The quantitative estimate of drug-likeness (QED) is 0.580. The highest BCUT2D eigenvalue weighted by molar-refractivity contribution is 5.99. The number of aromatic nitrogens is 1. The highest BCUT2D eigenvalue weighted by atomic mass is 16.5. The lowest BCUT2D eigenvalue weighted by atomic mass is 10.1. The number of nitrogens with one attached hydrogen (secondary N) is 1. The molecular weight excluding hydrogens is 302 g/mol. The van der Waals surface area contributed by atoms with Crippen molar-refractivity contribution in [2.45, 2.75) is 6.42 Å². The van der Waals surface area contributed by atoms with Crippen LogP contribution in [-0.4, -0.2) is 23.8 Å². The number of carbonyl (C=O) groups excluding carboxylic acids is 1. The molecule has 0 unspecified atom stereocenters. The molecule has 0 fully saturated rings. The summed E-state index contributed by atoms with van der Waals surface area (Å²) in [7, 11) is 3.60. The predicted octanol–water partition coefficient (Wildman–Crippen LogP) is 2.88. The molecule has 0 spiro atoms. The van der Waals surface area contributed by atoms with E-state index in [0.29, 0.717) is 0 Å². The van der Waals surface area contributed by atoms with Crippen LogP contribution in [0.1, 0.15) is 11.1 Å². The zero-order valence-corrected chi connectivity index (χ0v) is 13.7. The Balaban J connectivity index is 1.63. The van der Waals surface area contributed by atoms with Gasteiger partial charge in [0.05, 0.1) is 19.7 Å². The molecule has 5 heteroatoms. The number of hydrogen-bond donors (Lipinski definition) is 1. The van der Waals surface area contributed by atoms with E-state index in [9.17, 15) is 4.79 Å². The van der Waals surface area contributed by atoms with Gasteiger partial charge < -0.3 is 9.30 Å². The van der Waals surface area contributed by atoms with E-state index in [-0.39, 0.29) is 12.3 Å². The minimum Gasteiger partial charge on any atom is -0.497 e. The predicted molar refractivity (Wildman–Crippen MR) is 95.4 cm³/mol. The summed E-state index contributed by atoms with van der Waals surface area (Å²) in [6, 6.07) is 15.5. The van der Waals surface area contributed by atoms with E-state index in [4.69, 9.17) is 4.74 Å². The third-order valence-electron chi connectivity index (χ3n) is 3.84. The van der Waals surface area contributed by atoms with Crippen LogP contribution in [0.25, 0.3) is 10.9 Å². The standard InChI is InChI=1S/C19H19N3O2/c1-22-13-15(17-5-3-4-6-18(17)22)12-20-21-19(23)11-14-7-9-16(24-2)10-8-14/h3-10,12-13H,11H2,1-2H3,(H,21,23)/b20-12-. The minimum atomic E-state index is -0.156. The van der Waals surface area contributed by atoms with Gasteiger partial charge in [-0.3, -0.25) is 4.79 Å². The average Bonchev–Trinajstić information content (AvgIpc) is 2.92. The number of amides is 1. The Hall–Kier alpha value is -3.08. The molecule has 0 aliphatic heterocycles. The summed E-state index contributed by atoms with van der Waals surface area (Å²) >= 11 is 0. The summed E-state index contributed by atoms with van der Waals surface area (Å²) < 4.78 is 7.14. The normalized spacial score (nSPS) is 11.1. The Morgan fingerprint density at radius 2 is 1.96 bits per heavy atom. The van der Waals surface area contributed by atoms with Crippen LogP contribution in [0, 0.1) is 0 Å². The van der Waals surface area contributed by atoms with Crippen molar-refractivity contribution >= 4 is 23.0 Å². The van der Waals surface area contributed by atoms with E-state index >= 15 is 0 Å². The Bertz CT molecular complexity index is 879. The molecule has 0 saturated heterocycles. The van der Waals surface area contributed by atoms with Crippen molar-refractivity contribution < 1.29 is 9.53 Å². The lowest BCUT2D eigenvalue weighted by Crippen LogP contribution is -2.19. The third kappa shape index (κ3) is 3.46. The average molecular weight is 321 g/mol. The molecule has 3 aromatic rings. The Labute approximate surface area is 140 Å². The highest BCUT2D eigenvalue weighted by Crippen LogP contribution is 2.18. The van der Waals surface area contributed by atoms with Gasteiger partial charge in [-0.05, 0) is 23.8 Å². The van der Waals surface area contributed by atoms with Crippen LogP contribution < -0.4 is 10.2 Å². The van der Waals surface area contributed by atoms with E-state index in [0.717, 1.165) is 27.8 Å². The van der Waals surface area contributed by atoms with Gasteiger partial charge in [0.2, 0.25) is 5.91 Å². The number of aryl methyl sites for hydroxylation is 1. The number of rotatable bonds is 5. The van der Waals surface area contributed by atoms with Gasteiger partial charge in [-0.25, -0.2) is 5.43 Å². The highest BCUT2D eigenvalue weighted by Gasteiger charge is 2.05. The summed E-state index contributed by atoms with van der Waals surface area (Å²) in [5, 5.41) is 5.18. The number of ether oxygens (including phenoxy) is 1. The number of hydrogen-bond acceptors (Lipinski definition) is 3. The summed E-state index contributed by atoms with van der Waals surface area (Å²) in [5.74, 6) is 0.616. The van der Waals surface area contributed by atoms with Gasteiger partial charge in [-0.1, -0.05) is 30.3 Å². The van der Waals surface area contributed by atoms with Gasteiger partial charge in [-0.2, -0.15) is 5.10 Å². The van der Waals surface area contributed by atoms with Crippen LogP contribution in [0.2, 0.25) is 0 Å². The van der Waals surface area contributed by atoms with E-state index in [1.807, 2.05) is 60.3 Å². The summed E-state index contributed by atoms with van der Waals surface area (Å²) in [6.45, 7) is 0. The van der Waals surface area contributed by atoms with E-state index in [1.165, 1.54) is 0 Å². The van der Waals surface area contributed by atoms with Gasteiger partial charge in [0.1, 0.15) is 5.75 Å². The summed E-state index contributed by atoms with van der Waals surface area (Å²) in [6.07, 6.45) is 3.94. The van der Waals surface area contributed by atoms with Crippen LogP contribution in [0.5, 0.6) is 5.75 Å². The first kappa shape index (κ1) is 15.8. The molecule has 1 aromatic heterocycles. The van der Waals surface area contributed by atoms with Crippen molar-refractivity contribution in [1.29, 1.82) is 0 Å². The molecule has 0 aliphatic rings. The second-order valence-electron chi connectivity index (χ2n) is 5.53. The van der Waals surface area contributed by atoms with Gasteiger partial charge in [0, 0.05) is 29.7 Å². The SMILES string of the molecule is COc1ccc(CC(=O)N/N=C\c2cn(C)c3ccccc23)cc1. The topological polar surface area (TPSA) is 55.6 Å². The number of carbonyl (C=O) groups is 1. The molecule has 0 aliphatic carbocycles. The molecule has 0 atom stereocenters. The fourth-order valence-electron chi connectivity index (χ4n) is 2.62. The number of benzene rings is 2. The maximum atomic E-state index is 12.0. The van der Waals surface area contributed by atoms with Gasteiger partial charge in [0.15, 0.2) is 0 Å². The maximum absolute atomic E-state index is 12.0. The Morgan fingerprint density at radius 1 is 1.21 bits per heavy atom. The van der Waals surface area contributed by atoms with Crippen molar-refractivity contribution in [2.75, 3.05) is 7.11 Å².